The summed E-state index contributed by atoms with van der Waals surface area (Å²) in [5.74, 6) is 0.230. The molecular weight excluding hydrogens is 316 g/mol. The molecule has 0 aliphatic rings. The summed E-state index contributed by atoms with van der Waals surface area (Å²) < 4.78 is 0. The van der Waals surface area contributed by atoms with E-state index in [9.17, 15) is 9.59 Å². The summed E-state index contributed by atoms with van der Waals surface area (Å²) >= 11 is 0. The van der Waals surface area contributed by atoms with E-state index in [0.717, 1.165) is 12.0 Å². The summed E-state index contributed by atoms with van der Waals surface area (Å²) in [6.07, 6.45) is 2.51. The molecule has 2 rings (SSSR count). The molecule has 6 nitrogen and oxygen atoms in total. The number of nitrogens with zero attached hydrogens (tertiary/aromatic N) is 1. The lowest BCUT2D eigenvalue weighted by molar-refractivity contribution is 0.0936. The summed E-state index contributed by atoms with van der Waals surface area (Å²) in [5, 5.41) is 8.71. The average molecular weight is 340 g/mol. The molecule has 0 saturated heterocycles. The topological polar surface area (TPSA) is 83.1 Å². The monoisotopic (exact) mass is 340 g/mol. The lowest BCUT2D eigenvalue weighted by atomic mass is 10.1. The molecule has 1 aromatic heterocycles. The predicted octanol–water partition coefficient (Wildman–Crippen LogP) is 2.58. The Morgan fingerprint density at radius 2 is 1.96 bits per heavy atom. The Kier molecular flexibility index (Phi) is 6.51. The number of hydrogen-bond donors (Lipinski definition) is 3. The lowest BCUT2D eigenvalue weighted by Crippen LogP contribution is -2.31. The van der Waals surface area contributed by atoms with Crippen LogP contribution in [0, 0.1) is 0 Å². The van der Waals surface area contributed by atoms with E-state index in [0.29, 0.717) is 23.5 Å². The van der Waals surface area contributed by atoms with E-state index in [-0.39, 0.29) is 17.9 Å². The average Bonchev–Trinajstić information content (AvgIpc) is 2.66. The van der Waals surface area contributed by atoms with Gasteiger partial charge in [-0.1, -0.05) is 19.1 Å². The first-order chi connectivity index (χ1) is 12.0. The highest BCUT2D eigenvalue weighted by molar-refractivity contribution is 5.98. The summed E-state index contributed by atoms with van der Waals surface area (Å²) in [6.45, 7) is 4.47. The molecule has 0 aliphatic carbocycles. The fourth-order valence-corrected chi connectivity index (χ4v) is 2.28. The van der Waals surface area contributed by atoms with E-state index in [1.807, 2.05) is 32.0 Å². The molecule has 1 heterocycles. The minimum Gasteiger partial charge on any atom is -0.365 e. The van der Waals surface area contributed by atoms with Crippen molar-refractivity contribution < 1.29 is 9.59 Å². The second-order valence-corrected chi connectivity index (χ2v) is 5.82. The van der Waals surface area contributed by atoms with Crippen LogP contribution in [0.25, 0.3) is 0 Å². The summed E-state index contributed by atoms with van der Waals surface area (Å²) in [7, 11) is 1.58. The third-order valence-corrected chi connectivity index (χ3v) is 3.92. The first-order valence-electron chi connectivity index (χ1n) is 8.36. The van der Waals surface area contributed by atoms with Crippen molar-refractivity contribution in [2.45, 2.75) is 32.9 Å². The third kappa shape index (κ3) is 5.04. The molecule has 2 amide bonds. The van der Waals surface area contributed by atoms with Crippen molar-refractivity contribution in [3.8, 4) is 0 Å². The SMILES string of the molecule is CCC(C)NC(=O)c1cccc(CNc2ncccc2C(=O)NC)c1. The molecule has 132 valence electrons. The van der Waals surface area contributed by atoms with Gasteiger partial charge < -0.3 is 16.0 Å². The predicted molar refractivity (Wildman–Crippen MR) is 98.6 cm³/mol. The maximum atomic E-state index is 12.2. The highest BCUT2D eigenvalue weighted by atomic mass is 16.2. The Balaban J connectivity index is 2.08. The van der Waals surface area contributed by atoms with Gasteiger partial charge in [0.25, 0.3) is 11.8 Å². The van der Waals surface area contributed by atoms with E-state index in [1.54, 1.807) is 31.4 Å². The molecule has 6 heteroatoms. The third-order valence-electron chi connectivity index (χ3n) is 3.92. The van der Waals surface area contributed by atoms with E-state index in [1.165, 1.54) is 0 Å². The minimum absolute atomic E-state index is 0.0833. The first kappa shape index (κ1) is 18.4. The van der Waals surface area contributed by atoms with Crippen molar-refractivity contribution >= 4 is 17.6 Å². The van der Waals surface area contributed by atoms with E-state index < -0.39 is 0 Å². The van der Waals surface area contributed by atoms with Crippen molar-refractivity contribution in [1.29, 1.82) is 0 Å². The van der Waals surface area contributed by atoms with Crippen LogP contribution in [0.2, 0.25) is 0 Å². The molecular formula is C19H24N4O2. The number of aromatic nitrogens is 1. The molecule has 0 bridgehead atoms. The molecule has 0 fully saturated rings. The van der Waals surface area contributed by atoms with Crippen LogP contribution >= 0.6 is 0 Å². The minimum atomic E-state index is -0.197. The number of anilines is 1. The van der Waals surface area contributed by atoms with Gasteiger partial charge in [0.15, 0.2) is 0 Å². The van der Waals surface area contributed by atoms with Gasteiger partial charge in [-0.05, 0) is 43.2 Å². The Bertz CT molecular complexity index is 746. The maximum Gasteiger partial charge on any atom is 0.254 e. The van der Waals surface area contributed by atoms with Crippen LogP contribution in [-0.4, -0.2) is 29.9 Å². The van der Waals surface area contributed by atoms with Crippen LogP contribution in [0.1, 0.15) is 46.5 Å². The molecule has 1 aromatic carbocycles. The zero-order valence-corrected chi connectivity index (χ0v) is 14.8. The van der Waals surface area contributed by atoms with E-state index in [2.05, 4.69) is 20.9 Å². The standard InChI is InChI=1S/C19H24N4O2/c1-4-13(2)23-18(24)15-8-5-7-14(11-15)12-22-17-16(19(25)20-3)9-6-10-21-17/h5-11,13H,4,12H2,1-3H3,(H,20,25)(H,21,22)(H,23,24). The van der Waals surface area contributed by atoms with E-state index >= 15 is 0 Å². The zero-order valence-electron chi connectivity index (χ0n) is 14.8. The van der Waals surface area contributed by atoms with Gasteiger partial charge in [0.05, 0.1) is 5.56 Å². The molecule has 2 aromatic rings. The molecule has 0 radical (unpaired) electrons. The van der Waals surface area contributed by atoms with Crippen LogP contribution in [0.5, 0.6) is 0 Å². The number of nitrogens with one attached hydrogen (secondary N) is 3. The molecule has 1 atom stereocenters. The van der Waals surface area contributed by atoms with Crippen LogP contribution in [0.15, 0.2) is 42.6 Å². The lowest BCUT2D eigenvalue weighted by Gasteiger charge is -2.13. The van der Waals surface area contributed by atoms with Gasteiger partial charge in [0.2, 0.25) is 0 Å². The number of carbonyl (C=O) groups is 2. The number of pyridine rings is 1. The normalized spacial score (nSPS) is 11.5. The number of benzene rings is 1. The smallest absolute Gasteiger partial charge is 0.254 e. The fourth-order valence-electron chi connectivity index (χ4n) is 2.28. The van der Waals surface area contributed by atoms with Gasteiger partial charge in [-0.25, -0.2) is 4.98 Å². The zero-order chi connectivity index (χ0) is 18.2. The quantitative estimate of drug-likeness (QED) is 0.723. The van der Waals surface area contributed by atoms with Gasteiger partial charge in [0.1, 0.15) is 5.82 Å². The highest BCUT2D eigenvalue weighted by Crippen LogP contribution is 2.14. The number of amides is 2. The van der Waals surface area contributed by atoms with E-state index in [4.69, 9.17) is 0 Å². The van der Waals surface area contributed by atoms with Crippen LogP contribution < -0.4 is 16.0 Å². The van der Waals surface area contributed by atoms with Crippen LogP contribution in [-0.2, 0) is 6.54 Å². The van der Waals surface area contributed by atoms with Crippen molar-refractivity contribution in [2.75, 3.05) is 12.4 Å². The van der Waals surface area contributed by atoms with Crippen molar-refractivity contribution in [1.82, 2.24) is 15.6 Å². The molecule has 0 saturated carbocycles. The van der Waals surface area contributed by atoms with Gasteiger partial charge in [-0.15, -0.1) is 0 Å². The van der Waals surface area contributed by atoms with Gasteiger partial charge in [0, 0.05) is 31.4 Å². The highest BCUT2D eigenvalue weighted by Gasteiger charge is 2.11. The van der Waals surface area contributed by atoms with Gasteiger partial charge >= 0.3 is 0 Å². The molecule has 25 heavy (non-hydrogen) atoms. The van der Waals surface area contributed by atoms with Crippen molar-refractivity contribution in [3.05, 3.63) is 59.3 Å². The van der Waals surface area contributed by atoms with Gasteiger partial charge in [-0.3, -0.25) is 9.59 Å². The second kappa shape index (κ2) is 8.82. The Morgan fingerprint density at radius 1 is 1.16 bits per heavy atom. The van der Waals surface area contributed by atoms with Crippen molar-refractivity contribution in [2.24, 2.45) is 0 Å². The van der Waals surface area contributed by atoms with Crippen LogP contribution in [0.4, 0.5) is 5.82 Å². The Morgan fingerprint density at radius 3 is 2.68 bits per heavy atom. The Hall–Kier alpha value is -2.89. The number of carbonyl (C=O) groups excluding carboxylic acids is 2. The van der Waals surface area contributed by atoms with Crippen LogP contribution in [0.3, 0.4) is 0 Å². The first-order valence-corrected chi connectivity index (χ1v) is 8.36. The largest absolute Gasteiger partial charge is 0.365 e. The molecule has 1 unspecified atom stereocenters. The fraction of sp³-hybridized carbons (Fsp3) is 0.316. The molecule has 0 aliphatic heterocycles. The summed E-state index contributed by atoms with van der Waals surface area (Å²) in [5.41, 5.74) is 2.04. The summed E-state index contributed by atoms with van der Waals surface area (Å²) in [6, 6.07) is 11.0. The number of hydrogen-bond acceptors (Lipinski definition) is 4. The summed E-state index contributed by atoms with van der Waals surface area (Å²) in [4.78, 5) is 28.3. The maximum absolute atomic E-state index is 12.2. The van der Waals surface area contributed by atoms with Gasteiger partial charge in [-0.2, -0.15) is 0 Å². The second-order valence-electron chi connectivity index (χ2n) is 5.82. The van der Waals surface area contributed by atoms with Crippen molar-refractivity contribution in [3.63, 3.8) is 0 Å². The molecule has 0 spiro atoms. The number of rotatable bonds is 7. The Labute approximate surface area is 148 Å². The molecule has 3 N–H and O–H groups in total.